The van der Waals surface area contributed by atoms with Gasteiger partial charge in [-0.25, -0.2) is 0 Å². The van der Waals surface area contributed by atoms with Gasteiger partial charge in [-0.15, -0.1) is 24.8 Å². The van der Waals surface area contributed by atoms with Crippen LogP contribution >= 0.6 is 24.8 Å². The third-order valence-electron chi connectivity index (χ3n) is 4.81. The SMILES string of the molecule is CN(C)c1nc2cc(NC(=O)C3(n4cccn4)CCNCC3)ccc2o1.Cl.Cl. The van der Waals surface area contributed by atoms with E-state index in [9.17, 15) is 4.79 Å². The predicted octanol–water partition coefficient (Wildman–Crippen LogP) is 2.65. The summed E-state index contributed by atoms with van der Waals surface area (Å²) in [6.45, 7) is 1.56. The van der Waals surface area contributed by atoms with E-state index in [0.717, 1.165) is 13.1 Å². The third kappa shape index (κ3) is 3.94. The molecule has 1 aliphatic rings. The Bertz CT molecular complexity index is 919. The molecule has 1 saturated heterocycles. The Balaban J connectivity index is 0.00000140. The molecule has 2 N–H and O–H groups in total. The molecule has 0 spiro atoms. The first-order valence-corrected chi connectivity index (χ1v) is 8.69. The number of oxazole rings is 1. The normalized spacial score (nSPS) is 15.4. The van der Waals surface area contributed by atoms with Crippen molar-refractivity contribution in [3.8, 4) is 0 Å². The number of amides is 1. The maximum Gasteiger partial charge on any atom is 0.297 e. The molecule has 1 fully saturated rings. The number of anilines is 2. The van der Waals surface area contributed by atoms with Crippen LogP contribution in [0.1, 0.15) is 12.8 Å². The highest BCUT2D eigenvalue weighted by molar-refractivity contribution is 5.98. The minimum atomic E-state index is -0.678. The highest BCUT2D eigenvalue weighted by Gasteiger charge is 2.42. The van der Waals surface area contributed by atoms with E-state index in [1.807, 2.05) is 44.6 Å². The zero-order valence-corrected chi connectivity index (χ0v) is 17.3. The number of hydrogen-bond donors (Lipinski definition) is 2. The van der Waals surface area contributed by atoms with Gasteiger partial charge in [0.1, 0.15) is 11.1 Å². The summed E-state index contributed by atoms with van der Waals surface area (Å²) in [7, 11) is 3.75. The van der Waals surface area contributed by atoms with E-state index in [1.165, 1.54) is 0 Å². The Hall–Kier alpha value is -2.29. The number of benzene rings is 1. The van der Waals surface area contributed by atoms with Crippen molar-refractivity contribution < 1.29 is 9.21 Å². The molecule has 0 aliphatic carbocycles. The molecule has 3 aromatic rings. The molecule has 10 heteroatoms. The van der Waals surface area contributed by atoms with E-state index in [2.05, 4.69) is 20.7 Å². The van der Waals surface area contributed by atoms with Gasteiger partial charge in [0, 0.05) is 32.2 Å². The number of piperidine rings is 1. The minimum absolute atomic E-state index is 0. The highest BCUT2D eigenvalue weighted by atomic mass is 35.5. The van der Waals surface area contributed by atoms with Crippen LogP contribution in [0.2, 0.25) is 0 Å². The van der Waals surface area contributed by atoms with Crippen molar-refractivity contribution >= 4 is 53.5 Å². The van der Waals surface area contributed by atoms with Gasteiger partial charge in [-0.1, -0.05) is 0 Å². The van der Waals surface area contributed by atoms with Gasteiger partial charge >= 0.3 is 0 Å². The number of carbonyl (C=O) groups is 1. The Morgan fingerprint density at radius 2 is 2.04 bits per heavy atom. The smallest absolute Gasteiger partial charge is 0.297 e. The monoisotopic (exact) mass is 426 g/mol. The van der Waals surface area contributed by atoms with E-state index in [-0.39, 0.29) is 30.7 Å². The molecule has 3 heterocycles. The molecule has 0 atom stereocenters. The predicted molar refractivity (Wildman–Crippen MR) is 114 cm³/mol. The van der Waals surface area contributed by atoms with Crippen LogP contribution in [0.5, 0.6) is 0 Å². The Morgan fingerprint density at radius 3 is 2.68 bits per heavy atom. The average Bonchev–Trinajstić information content (AvgIpc) is 3.32. The van der Waals surface area contributed by atoms with Crippen LogP contribution in [0.3, 0.4) is 0 Å². The first-order valence-electron chi connectivity index (χ1n) is 8.69. The average molecular weight is 427 g/mol. The zero-order chi connectivity index (χ0) is 18.1. The minimum Gasteiger partial charge on any atom is -0.423 e. The number of fused-ring (bicyclic) bond motifs is 1. The summed E-state index contributed by atoms with van der Waals surface area (Å²) >= 11 is 0. The Morgan fingerprint density at radius 1 is 1.29 bits per heavy atom. The summed E-state index contributed by atoms with van der Waals surface area (Å²) in [5, 5.41) is 10.7. The second kappa shape index (κ2) is 8.81. The second-order valence-electron chi connectivity index (χ2n) is 6.76. The topological polar surface area (TPSA) is 88.2 Å². The Labute approximate surface area is 175 Å². The largest absolute Gasteiger partial charge is 0.423 e. The summed E-state index contributed by atoms with van der Waals surface area (Å²) in [5.41, 5.74) is 1.42. The molecule has 0 bridgehead atoms. The van der Waals surface area contributed by atoms with Gasteiger partial charge in [-0.2, -0.15) is 10.1 Å². The standard InChI is InChI=1S/C18H22N6O2.2ClH/c1-23(2)17-22-14-12-13(4-5-15(14)26-17)21-16(25)18(6-9-19-10-7-18)24-11-3-8-20-24;;/h3-5,8,11-12,19H,6-7,9-10H2,1-2H3,(H,21,25);2*1H. The molecule has 8 nitrogen and oxygen atoms in total. The fourth-order valence-electron chi connectivity index (χ4n) is 3.35. The van der Waals surface area contributed by atoms with Crippen LogP contribution in [0, 0.1) is 0 Å². The number of nitrogens with zero attached hydrogens (tertiary/aromatic N) is 4. The van der Waals surface area contributed by atoms with E-state index < -0.39 is 5.54 Å². The van der Waals surface area contributed by atoms with Crippen LogP contribution in [0.15, 0.2) is 41.1 Å². The fourth-order valence-corrected chi connectivity index (χ4v) is 3.35. The van der Waals surface area contributed by atoms with Crippen LogP contribution in [0.4, 0.5) is 11.7 Å². The molecule has 4 rings (SSSR count). The summed E-state index contributed by atoms with van der Waals surface area (Å²) in [6, 6.07) is 7.88. The number of hydrogen-bond acceptors (Lipinski definition) is 6. The quantitative estimate of drug-likeness (QED) is 0.666. The lowest BCUT2D eigenvalue weighted by molar-refractivity contribution is -0.126. The molecule has 1 aliphatic heterocycles. The van der Waals surface area contributed by atoms with E-state index in [1.54, 1.807) is 15.8 Å². The van der Waals surface area contributed by atoms with Crippen LogP contribution in [-0.4, -0.2) is 47.9 Å². The Kier molecular flexibility index (Phi) is 6.92. The molecule has 28 heavy (non-hydrogen) atoms. The molecular weight excluding hydrogens is 403 g/mol. The lowest BCUT2D eigenvalue weighted by atomic mass is 9.87. The van der Waals surface area contributed by atoms with Crippen molar-refractivity contribution in [2.24, 2.45) is 0 Å². The molecule has 1 amide bonds. The molecule has 0 unspecified atom stereocenters. The van der Waals surface area contributed by atoms with Gasteiger partial charge in [-0.3, -0.25) is 9.48 Å². The number of carbonyl (C=O) groups excluding carboxylic acids is 1. The number of nitrogens with one attached hydrogen (secondary N) is 2. The summed E-state index contributed by atoms with van der Waals surface area (Å²) in [5.74, 6) is -0.0571. The van der Waals surface area contributed by atoms with Crippen molar-refractivity contribution in [1.82, 2.24) is 20.1 Å². The zero-order valence-electron chi connectivity index (χ0n) is 15.7. The lowest BCUT2D eigenvalue weighted by Crippen LogP contribution is -2.52. The molecule has 0 radical (unpaired) electrons. The maximum absolute atomic E-state index is 13.2. The molecule has 1 aromatic carbocycles. The van der Waals surface area contributed by atoms with Crippen molar-refractivity contribution in [3.63, 3.8) is 0 Å². The van der Waals surface area contributed by atoms with Crippen molar-refractivity contribution in [1.29, 1.82) is 0 Å². The molecule has 152 valence electrons. The highest BCUT2D eigenvalue weighted by Crippen LogP contribution is 2.30. The fraction of sp³-hybridized carbons (Fsp3) is 0.389. The van der Waals surface area contributed by atoms with Crippen LogP contribution in [-0.2, 0) is 10.3 Å². The number of aromatic nitrogens is 3. The van der Waals surface area contributed by atoms with Gasteiger partial charge in [-0.05, 0) is 50.2 Å². The van der Waals surface area contributed by atoms with Gasteiger partial charge < -0.3 is 20.0 Å². The van der Waals surface area contributed by atoms with Gasteiger partial charge in [0.25, 0.3) is 11.9 Å². The van der Waals surface area contributed by atoms with Crippen molar-refractivity contribution in [3.05, 3.63) is 36.7 Å². The van der Waals surface area contributed by atoms with E-state index >= 15 is 0 Å². The maximum atomic E-state index is 13.2. The van der Waals surface area contributed by atoms with Gasteiger partial charge in [0.05, 0.1) is 0 Å². The summed E-state index contributed by atoms with van der Waals surface area (Å²) in [6.07, 6.45) is 4.95. The summed E-state index contributed by atoms with van der Waals surface area (Å²) < 4.78 is 7.44. The number of halogens is 2. The lowest BCUT2D eigenvalue weighted by Gasteiger charge is -2.36. The van der Waals surface area contributed by atoms with E-state index in [0.29, 0.717) is 35.6 Å². The molecule has 2 aromatic heterocycles. The van der Waals surface area contributed by atoms with Gasteiger partial charge in [0.2, 0.25) is 0 Å². The third-order valence-corrected chi connectivity index (χ3v) is 4.81. The van der Waals surface area contributed by atoms with Crippen molar-refractivity contribution in [2.75, 3.05) is 37.4 Å². The molecule has 0 saturated carbocycles. The van der Waals surface area contributed by atoms with E-state index in [4.69, 9.17) is 4.42 Å². The molecular formula is C18H24Cl2N6O2. The van der Waals surface area contributed by atoms with Gasteiger partial charge in [0.15, 0.2) is 5.58 Å². The van der Waals surface area contributed by atoms with Crippen LogP contribution < -0.4 is 15.5 Å². The summed E-state index contributed by atoms with van der Waals surface area (Å²) in [4.78, 5) is 19.4. The second-order valence-corrected chi connectivity index (χ2v) is 6.76. The first-order chi connectivity index (χ1) is 12.6. The number of rotatable bonds is 4. The van der Waals surface area contributed by atoms with Crippen molar-refractivity contribution in [2.45, 2.75) is 18.4 Å². The van der Waals surface area contributed by atoms with Crippen LogP contribution in [0.25, 0.3) is 11.1 Å². The first kappa shape index (κ1) is 22.0.